The predicted octanol–water partition coefficient (Wildman–Crippen LogP) is 2.44. The molecule has 0 radical (unpaired) electrons. The fourth-order valence-corrected chi connectivity index (χ4v) is 4.21. The van der Waals surface area contributed by atoms with Crippen molar-refractivity contribution >= 4 is 11.8 Å². The van der Waals surface area contributed by atoms with Gasteiger partial charge in [0, 0.05) is 23.1 Å². The van der Waals surface area contributed by atoms with E-state index in [9.17, 15) is 9.59 Å². The molecule has 0 aromatic carbocycles. The molecule has 2 atom stereocenters. The van der Waals surface area contributed by atoms with Crippen LogP contribution < -0.4 is 0 Å². The minimum atomic E-state index is -0.0439. The lowest BCUT2D eigenvalue weighted by Gasteiger charge is -2.28. The van der Waals surface area contributed by atoms with E-state index in [1.807, 2.05) is 0 Å². The Labute approximate surface area is 108 Å². The zero-order chi connectivity index (χ0) is 12.9. The third-order valence-corrected chi connectivity index (χ3v) is 4.79. The Bertz CT molecular complexity index is 477. The van der Waals surface area contributed by atoms with Gasteiger partial charge in [-0.2, -0.15) is 0 Å². The predicted molar refractivity (Wildman–Crippen MR) is 68.6 cm³/mol. The van der Waals surface area contributed by atoms with Crippen molar-refractivity contribution in [3.63, 3.8) is 0 Å². The Morgan fingerprint density at radius 3 is 2.89 bits per heavy atom. The summed E-state index contributed by atoms with van der Waals surface area (Å²) >= 11 is 0. The monoisotopic (exact) mass is 245 g/mol. The minimum Gasteiger partial charge on any atom is -0.271 e. The summed E-state index contributed by atoms with van der Waals surface area (Å²) in [5, 5.41) is 0. The number of nitrogens with zero attached hydrogens (tertiary/aromatic N) is 1. The van der Waals surface area contributed by atoms with Crippen LogP contribution in [0, 0.1) is 11.3 Å². The smallest absolute Gasteiger partial charge is 0.258 e. The van der Waals surface area contributed by atoms with Crippen molar-refractivity contribution in [1.82, 2.24) is 4.90 Å². The molecule has 2 unspecified atom stereocenters. The van der Waals surface area contributed by atoms with Gasteiger partial charge < -0.3 is 0 Å². The Morgan fingerprint density at radius 2 is 2.22 bits per heavy atom. The van der Waals surface area contributed by atoms with Gasteiger partial charge in [0.1, 0.15) is 0 Å². The molecular formula is C15H19NO2. The summed E-state index contributed by atoms with van der Waals surface area (Å²) in [6, 6.07) is 0. The summed E-state index contributed by atoms with van der Waals surface area (Å²) in [6.45, 7) is 6.13. The van der Waals surface area contributed by atoms with Crippen LogP contribution in [0.2, 0.25) is 0 Å². The molecule has 0 N–H and O–H groups in total. The Kier molecular flexibility index (Phi) is 2.47. The van der Waals surface area contributed by atoms with Crippen molar-refractivity contribution in [3.05, 3.63) is 23.8 Å². The van der Waals surface area contributed by atoms with E-state index in [4.69, 9.17) is 0 Å². The number of imide groups is 1. The number of fused-ring (bicyclic) bond motifs is 4. The van der Waals surface area contributed by atoms with Crippen LogP contribution in [-0.4, -0.2) is 23.3 Å². The molecule has 1 fully saturated rings. The fraction of sp³-hybridized carbons (Fsp3) is 0.600. The van der Waals surface area contributed by atoms with Crippen LogP contribution >= 0.6 is 0 Å². The Morgan fingerprint density at radius 1 is 1.44 bits per heavy atom. The summed E-state index contributed by atoms with van der Waals surface area (Å²) in [7, 11) is 0. The van der Waals surface area contributed by atoms with Gasteiger partial charge in [0.25, 0.3) is 11.8 Å². The molecule has 96 valence electrons. The summed E-state index contributed by atoms with van der Waals surface area (Å²) in [4.78, 5) is 26.2. The molecule has 0 aromatic heterocycles. The van der Waals surface area contributed by atoms with Crippen LogP contribution in [0.25, 0.3) is 0 Å². The molecule has 3 heteroatoms. The maximum absolute atomic E-state index is 12.5. The van der Waals surface area contributed by atoms with E-state index in [0.717, 1.165) is 43.3 Å². The zero-order valence-corrected chi connectivity index (χ0v) is 10.9. The molecular weight excluding hydrogens is 226 g/mol. The molecule has 3 aliphatic rings. The summed E-state index contributed by atoms with van der Waals surface area (Å²) in [5.74, 6) is 0.265. The lowest BCUT2D eigenvalue weighted by molar-refractivity contribution is -0.137. The lowest BCUT2D eigenvalue weighted by Crippen LogP contribution is -2.35. The van der Waals surface area contributed by atoms with E-state index < -0.39 is 0 Å². The Balaban J connectivity index is 2.02. The van der Waals surface area contributed by atoms with Crippen molar-refractivity contribution in [2.45, 2.75) is 39.0 Å². The number of hydrogen-bond donors (Lipinski definition) is 0. The first-order valence-electron chi connectivity index (χ1n) is 6.86. The highest BCUT2D eigenvalue weighted by Crippen LogP contribution is 2.62. The third kappa shape index (κ3) is 1.25. The van der Waals surface area contributed by atoms with Crippen molar-refractivity contribution in [2.75, 3.05) is 6.54 Å². The summed E-state index contributed by atoms with van der Waals surface area (Å²) in [6.07, 6.45) is 6.96. The van der Waals surface area contributed by atoms with Crippen molar-refractivity contribution in [3.8, 4) is 0 Å². The van der Waals surface area contributed by atoms with Crippen LogP contribution in [0.4, 0.5) is 0 Å². The maximum atomic E-state index is 12.5. The zero-order valence-electron chi connectivity index (χ0n) is 10.9. The molecule has 1 saturated carbocycles. The van der Waals surface area contributed by atoms with E-state index >= 15 is 0 Å². The molecule has 0 aromatic rings. The minimum absolute atomic E-state index is 0.0252. The number of carbonyl (C=O) groups is 2. The highest BCUT2D eigenvalue weighted by Gasteiger charge is 2.59. The molecule has 1 heterocycles. The van der Waals surface area contributed by atoms with Crippen molar-refractivity contribution in [2.24, 2.45) is 11.3 Å². The van der Waals surface area contributed by atoms with Gasteiger partial charge in [0.05, 0.1) is 0 Å². The summed E-state index contributed by atoms with van der Waals surface area (Å²) < 4.78 is 0. The van der Waals surface area contributed by atoms with E-state index in [1.54, 1.807) is 6.08 Å². The largest absolute Gasteiger partial charge is 0.271 e. The summed E-state index contributed by atoms with van der Waals surface area (Å²) in [5.41, 5.74) is 1.74. The first-order chi connectivity index (χ1) is 8.64. The SMILES string of the molecule is C=CCN1C(=O)C2=C(C1=O)C1(CCC)CCC2C1. The van der Waals surface area contributed by atoms with Crippen LogP contribution in [0.5, 0.6) is 0 Å². The quantitative estimate of drug-likeness (QED) is 0.563. The highest BCUT2D eigenvalue weighted by molar-refractivity contribution is 6.21. The van der Waals surface area contributed by atoms with Crippen LogP contribution in [0.15, 0.2) is 23.8 Å². The highest BCUT2D eigenvalue weighted by atomic mass is 16.2. The average molecular weight is 245 g/mol. The van der Waals surface area contributed by atoms with Gasteiger partial charge in [0.2, 0.25) is 0 Å². The number of hydrogen-bond acceptors (Lipinski definition) is 2. The van der Waals surface area contributed by atoms with Crippen LogP contribution in [-0.2, 0) is 9.59 Å². The first kappa shape index (κ1) is 11.7. The molecule has 2 aliphatic carbocycles. The number of carbonyl (C=O) groups excluding carboxylic acids is 2. The normalized spacial score (nSPS) is 33.6. The maximum Gasteiger partial charge on any atom is 0.258 e. The first-order valence-corrected chi connectivity index (χ1v) is 6.86. The van der Waals surface area contributed by atoms with Crippen molar-refractivity contribution in [1.29, 1.82) is 0 Å². The van der Waals surface area contributed by atoms with E-state index in [1.165, 1.54) is 4.90 Å². The third-order valence-electron chi connectivity index (χ3n) is 4.79. The van der Waals surface area contributed by atoms with Gasteiger partial charge in [0.15, 0.2) is 0 Å². The number of amides is 2. The van der Waals surface area contributed by atoms with Crippen LogP contribution in [0.1, 0.15) is 39.0 Å². The molecule has 1 aliphatic heterocycles. The molecule has 0 saturated heterocycles. The number of rotatable bonds is 4. The molecule has 0 spiro atoms. The second-order valence-electron chi connectivity index (χ2n) is 5.77. The molecule has 2 bridgehead atoms. The van der Waals surface area contributed by atoms with E-state index in [-0.39, 0.29) is 17.2 Å². The standard InChI is InChI=1S/C15H19NO2/c1-3-6-15-7-5-10(9-15)11-12(15)14(18)16(8-4-2)13(11)17/h4,10H,2-3,5-9H2,1H3. The van der Waals surface area contributed by atoms with Gasteiger partial charge in [-0.1, -0.05) is 19.4 Å². The molecule has 3 nitrogen and oxygen atoms in total. The van der Waals surface area contributed by atoms with Crippen molar-refractivity contribution < 1.29 is 9.59 Å². The van der Waals surface area contributed by atoms with Gasteiger partial charge in [-0.3, -0.25) is 14.5 Å². The molecule has 3 rings (SSSR count). The fourth-order valence-electron chi connectivity index (χ4n) is 4.21. The van der Waals surface area contributed by atoms with Gasteiger partial charge >= 0.3 is 0 Å². The lowest BCUT2D eigenvalue weighted by atomic mass is 9.76. The van der Waals surface area contributed by atoms with Gasteiger partial charge in [-0.05, 0) is 31.6 Å². The second-order valence-corrected chi connectivity index (χ2v) is 5.77. The van der Waals surface area contributed by atoms with E-state index in [0.29, 0.717) is 12.5 Å². The second kappa shape index (κ2) is 3.81. The van der Waals surface area contributed by atoms with Crippen LogP contribution in [0.3, 0.4) is 0 Å². The van der Waals surface area contributed by atoms with Gasteiger partial charge in [-0.25, -0.2) is 0 Å². The topological polar surface area (TPSA) is 37.4 Å². The average Bonchev–Trinajstić information content (AvgIpc) is 2.96. The Hall–Kier alpha value is -1.38. The van der Waals surface area contributed by atoms with Gasteiger partial charge in [-0.15, -0.1) is 6.58 Å². The van der Waals surface area contributed by atoms with E-state index in [2.05, 4.69) is 13.5 Å². The molecule has 18 heavy (non-hydrogen) atoms. The molecule has 2 amide bonds. The number of likely N-dealkylation sites (tertiary alicyclic amines) is 1.